The Labute approximate surface area is 130 Å². The van der Waals surface area contributed by atoms with Gasteiger partial charge in [-0.1, -0.05) is 51.9 Å². The molecule has 0 aromatic heterocycles. The van der Waals surface area contributed by atoms with Crippen LogP contribution >= 0.6 is 0 Å². The molecule has 0 saturated carbocycles. The molecule has 0 saturated heterocycles. The van der Waals surface area contributed by atoms with Crippen LogP contribution in [0, 0.1) is 0 Å². The van der Waals surface area contributed by atoms with Gasteiger partial charge in [0.25, 0.3) is 0 Å². The zero-order valence-electron chi connectivity index (χ0n) is 12.8. The molecule has 0 aliphatic rings. The number of rotatable bonds is 11. The number of unbranched alkanes of at least 4 members (excludes halogenated alkanes) is 7. The molecular formula is C14H21F7O2. The number of carbonyl (C=O) groups excluding carboxylic acids is 1. The molecule has 0 aromatic rings. The number of carbonyl (C=O) groups is 1. The Bertz CT molecular complexity index is 354. The maximum absolute atomic E-state index is 12.9. The maximum Gasteiger partial charge on any atom is 0.460 e. The monoisotopic (exact) mass is 354 g/mol. The van der Waals surface area contributed by atoms with E-state index in [2.05, 4.69) is 11.7 Å². The predicted octanol–water partition coefficient (Wildman–Crippen LogP) is 5.50. The predicted molar refractivity (Wildman–Crippen MR) is 69.5 cm³/mol. The molecule has 0 aliphatic carbocycles. The van der Waals surface area contributed by atoms with E-state index in [1.165, 1.54) is 0 Å². The van der Waals surface area contributed by atoms with Gasteiger partial charge in [-0.2, -0.15) is 30.7 Å². The first-order valence-electron chi connectivity index (χ1n) is 7.48. The van der Waals surface area contributed by atoms with Crippen molar-refractivity contribution in [2.24, 2.45) is 0 Å². The molecular weight excluding hydrogens is 333 g/mol. The summed E-state index contributed by atoms with van der Waals surface area (Å²) < 4.78 is 90.4. The SMILES string of the molecule is CCCCCCCCCCOC(=O)C(F)(F)C(F)(F)C(F)(F)F. The molecule has 0 spiro atoms. The van der Waals surface area contributed by atoms with E-state index < -0.39 is 30.6 Å². The summed E-state index contributed by atoms with van der Waals surface area (Å²) >= 11 is 0. The van der Waals surface area contributed by atoms with Gasteiger partial charge in [0.05, 0.1) is 6.61 Å². The third kappa shape index (κ3) is 6.55. The third-order valence-electron chi connectivity index (χ3n) is 3.24. The highest BCUT2D eigenvalue weighted by Gasteiger charge is 2.77. The van der Waals surface area contributed by atoms with Crippen LogP contribution in [-0.2, 0) is 9.53 Å². The minimum atomic E-state index is -6.53. The fourth-order valence-corrected chi connectivity index (χ4v) is 1.80. The fourth-order valence-electron chi connectivity index (χ4n) is 1.80. The van der Waals surface area contributed by atoms with E-state index in [0.29, 0.717) is 6.42 Å². The van der Waals surface area contributed by atoms with Crippen LogP contribution in [0.15, 0.2) is 0 Å². The van der Waals surface area contributed by atoms with Crippen LogP contribution in [0.1, 0.15) is 58.3 Å². The number of alkyl halides is 7. The average molecular weight is 354 g/mol. The summed E-state index contributed by atoms with van der Waals surface area (Å²) in [6.07, 6.45) is 0.0367. The van der Waals surface area contributed by atoms with Crippen LogP contribution in [-0.4, -0.2) is 30.6 Å². The maximum atomic E-state index is 12.9. The lowest BCUT2D eigenvalue weighted by Crippen LogP contribution is -2.56. The van der Waals surface area contributed by atoms with Crippen molar-refractivity contribution in [3.63, 3.8) is 0 Å². The van der Waals surface area contributed by atoms with Gasteiger partial charge in [-0.15, -0.1) is 0 Å². The Morgan fingerprint density at radius 1 is 0.783 bits per heavy atom. The fraction of sp³-hybridized carbons (Fsp3) is 0.929. The van der Waals surface area contributed by atoms with Gasteiger partial charge in [0, 0.05) is 0 Å². The summed E-state index contributed by atoms with van der Waals surface area (Å²) in [6.45, 7) is 1.45. The van der Waals surface area contributed by atoms with E-state index in [1.807, 2.05) is 0 Å². The first kappa shape index (κ1) is 22.0. The van der Waals surface area contributed by atoms with Crippen molar-refractivity contribution in [3.05, 3.63) is 0 Å². The summed E-state index contributed by atoms with van der Waals surface area (Å²) in [5, 5.41) is 0. The Kier molecular flexibility index (Phi) is 8.90. The van der Waals surface area contributed by atoms with Gasteiger partial charge in [-0.25, -0.2) is 4.79 Å². The lowest BCUT2D eigenvalue weighted by atomic mass is 10.1. The second-order valence-corrected chi connectivity index (χ2v) is 5.26. The van der Waals surface area contributed by atoms with Crippen molar-refractivity contribution in [2.75, 3.05) is 6.61 Å². The highest BCUT2D eigenvalue weighted by atomic mass is 19.4. The molecule has 0 bridgehead atoms. The third-order valence-corrected chi connectivity index (χ3v) is 3.24. The zero-order chi connectivity index (χ0) is 18.1. The molecule has 0 fully saturated rings. The molecule has 0 amide bonds. The summed E-state index contributed by atoms with van der Waals surface area (Å²) in [4.78, 5) is 10.8. The Balaban J connectivity index is 4.06. The van der Waals surface area contributed by atoms with Gasteiger partial charge < -0.3 is 4.74 Å². The molecule has 23 heavy (non-hydrogen) atoms. The van der Waals surface area contributed by atoms with Crippen molar-refractivity contribution in [3.8, 4) is 0 Å². The van der Waals surface area contributed by atoms with Crippen molar-refractivity contribution >= 4 is 5.97 Å². The van der Waals surface area contributed by atoms with Crippen LogP contribution in [0.25, 0.3) is 0 Å². The molecule has 0 N–H and O–H groups in total. The topological polar surface area (TPSA) is 26.3 Å². The van der Waals surface area contributed by atoms with Crippen molar-refractivity contribution in [2.45, 2.75) is 76.3 Å². The summed E-state index contributed by atoms with van der Waals surface area (Å²) in [5.74, 6) is -15.3. The molecule has 0 rings (SSSR count). The summed E-state index contributed by atoms with van der Waals surface area (Å²) in [7, 11) is 0. The quantitative estimate of drug-likeness (QED) is 0.278. The molecule has 0 radical (unpaired) electrons. The van der Waals surface area contributed by atoms with Crippen LogP contribution in [0.5, 0.6) is 0 Å². The van der Waals surface area contributed by atoms with Gasteiger partial charge in [0.15, 0.2) is 0 Å². The average Bonchev–Trinajstić information content (AvgIpc) is 2.43. The Hall–Kier alpha value is -1.02. The largest absolute Gasteiger partial charge is 0.461 e. The lowest BCUT2D eigenvalue weighted by molar-refractivity contribution is -0.348. The van der Waals surface area contributed by atoms with E-state index in [-0.39, 0.29) is 6.42 Å². The second-order valence-electron chi connectivity index (χ2n) is 5.26. The van der Waals surface area contributed by atoms with Crippen molar-refractivity contribution in [1.29, 1.82) is 0 Å². The first-order valence-corrected chi connectivity index (χ1v) is 7.48. The molecule has 0 unspecified atom stereocenters. The molecule has 138 valence electrons. The molecule has 2 nitrogen and oxygen atoms in total. The van der Waals surface area contributed by atoms with E-state index >= 15 is 0 Å². The van der Waals surface area contributed by atoms with Gasteiger partial charge in [0.2, 0.25) is 0 Å². The smallest absolute Gasteiger partial charge is 0.460 e. The number of hydrogen-bond acceptors (Lipinski definition) is 2. The van der Waals surface area contributed by atoms with Gasteiger partial charge in [0.1, 0.15) is 0 Å². The number of esters is 1. The highest BCUT2D eigenvalue weighted by Crippen LogP contribution is 2.46. The Morgan fingerprint density at radius 2 is 1.22 bits per heavy atom. The minimum Gasteiger partial charge on any atom is -0.461 e. The number of hydrogen-bond donors (Lipinski definition) is 0. The highest BCUT2D eigenvalue weighted by molar-refractivity contribution is 5.79. The van der Waals surface area contributed by atoms with Gasteiger partial charge in [-0.3, -0.25) is 0 Å². The Morgan fingerprint density at radius 3 is 1.65 bits per heavy atom. The van der Waals surface area contributed by atoms with E-state index in [0.717, 1.165) is 38.5 Å². The van der Waals surface area contributed by atoms with E-state index in [1.54, 1.807) is 0 Å². The second kappa shape index (κ2) is 9.32. The summed E-state index contributed by atoms with van der Waals surface area (Å²) in [5.41, 5.74) is 0. The molecule has 0 aromatic carbocycles. The minimum absolute atomic E-state index is 0.132. The van der Waals surface area contributed by atoms with Gasteiger partial charge in [-0.05, 0) is 6.42 Å². The summed E-state index contributed by atoms with van der Waals surface area (Å²) in [6, 6.07) is 0. The number of ether oxygens (including phenoxy) is 1. The van der Waals surface area contributed by atoms with Crippen molar-refractivity contribution in [1.82, 2.24) is 0 Å². The lowest BCUT2D eigenvalue weighted by Gasteiger charge is -2.26. The molecule has 0 aliphatic heterocycles. The standard InChI is InChI=1S/C14H21F7O2/c1-2-3-4-5-6-7-8-9-10-23-11(22)12(15,16)13(17,18)14(19,20)21/h2-10H2,1H3. The van der Waals surface area contributed by atoms with Crippen LogP contribution in [0.3, 0.4) is 0 Å². The molecule has 0 atom stereocenters. The first-order chi connectivity index (χ1) is 10.5. The van der Waals surface area contributed by atoms with Crippen LogP contribution in [0.4, 0.5) is 30.7 Å². The number of halogens is 7. The molecule has 0 heterocycles. The van der Waals surface area contributed by atoms with E-state index in [9.17, 15) is 35.5 Å². The molecule has 9 heteroatoms. The van der Waals surface area contributed by atoms with Crippen LogP contribution in [0.2, 0.25) is 0 Å². The normalized spacial score (nSPS) is 13.2. The zero-order valence-corrected chi connectivity index (χ0v) is 12.8. The van der Waals surface area contributed by atoms with E-state index in [4.69, 9.17) is 0 Å². The van der Waals surface area contributed by atoms with Gasteiger partial charge >= 0.3 is 24.0 Å². The van der Waals surface area contributed by atoms with Crippen LogP contribution < -0.4 is 0 Å². The van der Waals surface area contributed by atoms with Crippen molar-refractivity contribution < 1.29 is 40.3 Å².